The van der Waals surface area contributed by atoms with Gasteiger partial charge in [0, 0.05) is 5.69 Å². The van der Waals surface area contributed by atoms with Crippen LogP contribution in [0.2, 0.25) is 0 Å². The van der Waals surface area contributed by atoms with Crippen molar-refractivity contribution >= 4 is 11.8 Å². The first-order chi connectivity index (χ1) is 8.20. The lowest BCUT2D eigenvalue weighted by atomic mass is 9.68. The molecule has 3 atom stereocenters. The molecule has 90 valence electrons. The number of fused-ring (bicyclic) bond motifs is 1. The molecular formula is C16H21N. The van der Waals surface area contributed by atoms with Crippen LogP contribution >= 0.6 is 0 Å². The molecule has 1 aliphatic heterocycles. The molecule has 2 aliphatic rings. The normalized spacial score (nSPS) is 35.4. The van der Waals surface area contributed by atoms with Crippen LogP contribution in [0.1, 0.15) is 38.7 Å². The topological polar surface area (TPSA) is 12.0 Å². The molecule has 17 heavy (non-hydrogen) atoms. The minimum absolute atomic E-state index is 0.200. The van der Waals surface area contributed by atoms with Crippen molar-refractivity contribution in [3.05, 3.63) is 35.9 Å². The second-order valence-corrected chi connectivity index (χ2v) is 5.87. The summed E-state index contributed by atoms with van der Waals surface area (Å²) in [5, 5.41) is 3.81. The molecule has 1 saturated carbocycles. The molecule has 0 saturated heterocycles. The molecule has 1 aromatic rings. The van der Waals surface area contributed by atoms with Gasteiger partial charge in [0.05, 0.1) is 5.54 Å². The lowest BCUT2D eigenvalue weighted by molar-refractivity contribution is 0.223. The van der Waals surface area contributed by atoms with Gasteiger partial charge in [0.25, 0.3) is 0 Å². The maximum atomic E-state index is 3.81. The summed E-state index contributed by atoms with van der Waals surface area (Å²) in [5.41, 5.74) is 2.82. The van der Waals surface area contributed by atoms with E-state index >= 15 is 0 Å². The summed E-state index contributed by atoms with van der Waals surface area (Å²) in [6, 6.07) is 8.61. The zero-order valence-electron chi connectivity index (χ0n) is 10.7. The number of para-hydroxylation sites is 1. The van der Waals surface area contributed by atoms with Crippen molar-refractivity contribution in [1.29, 1.82) is 0 Å². The Kier molecular flexibility index (Phi) is 2.50. The van der Waals surface area contributed by atoms with Gasteiger partial charge >= 0.3 is 0 Å². The smallest absolute Gasteiger partial charge is 0.0587 e. The fourth-order valence-electron chi connectivity index (χ4n) is 3.37. The van der Waals surface area contributed by atoms with Gasteiger partial charge in [-0.2, -0.15) is 0 Å². The van der Waals surface area contributed by atoms with Crippen LogP contribution in [0, 0.1) is 11.8 Å². The van der Waals surface area contributed by atoms with Crippen LogP contribution in [0.5, 0.6) is 0 Å². The van der Waals surface area contributed by atoms with Gasteiger partial charge in [0.2, 0.25) is 0 Å². The molecule has 1 N–H and O–H groups in total. The van der Waals surface area contributed by atoms with E-state index in [1.165, 1.54) is 30.5 Å². The van der Waals surface area contributed by atoms with Crippen molar-refractivity contribution in [3.8, 4) is 0 Å². The molecule has 3 rings (SSSR count). The predicted molar refractivity (Wildman–Crippen MR) is 74.0 cm³/mol. The Morgan fingerprint density at radius 2 is 2.00 bits per heavy atom. The molecule has 3 unspecified atom stereocenters. The standard InChI is InChI=1S/C16H21N/c1-12-7-8-13(2)16(11-12)10-9-14-5-3-4-6-15(14)17-16/h3-6,9-10,12-13,17H,7-8,11H2,1-2H3. The SMILES string of the molecule is CC1CCC(C)C2(C=Cc3ccccc3N2)C1. The van der Waals surface area contributed by atoms with Crippen molar-refractivity contribution < 1.29 is 0 Å². The first kappa shape index (κ1) is 10.9. The molecule has 0 aromatic heterocycles. The van der Waals surface area contributed by atoms with Gasteiger partial charge in [0.15, 0.2) is 0 Å². The van der Waals surface area contributed by atoms with Crippen molar-refractivity contribution in [2.75, 3.05) is 5.32 Å². The monoisotopic (exact) mass is 227 g/mol. The Labute approximate surface area is 104 Å². The minimum Gasteiger partial charge on any atom is -0.375 e. The van der Waals surface area contributed by atoms with E-state index in [-0.39, 0.29) is 5.54 Å². The molecule has 1 aliphatic carbocycles. The van der Waals surface area contributed by atoms with Crippen LogP contribution in [0.25, 0.3) is 6.08 Å². The Bertz CT molecular complexity index is 449. The van der Waals surface area contributed by atoms with Crippen molar-refractivity contribution in [1.82, 2.24) is 0 Å². The quantitative estimate of drug-likeness (QED) is 0.696. The third-order valence-corrected chi connectivity index (χ3v) is 4.55. The van der Waals surface area contributed by atoms with Gasteiger partial charge in [-0.3, -0.25) is 0 Å². The van der Waals surface area contributed by atoms with Crippen LogP contribution in [0.3, 0.4) is 0 Å². The maximum absolute atomic E-state index is 3.81. The molecule has 0 bridgehead atoms. The van der Waals surface area contributed by atoms with Crippen LogP contribution < -0.4 is 5.32 Å². The van der Waals surface area contributed by atoms with E-state index < -0.39 is 0 Å². The maximum Gasteiger partial charge on any atom is 0.0587 e. The fourth-order valence-corrected chi connectivity index (χ4v) is 3.37. The van der Waals surface area contributed by atoms with Crippen molar-refractivity contribution in [3.63, 3.8) is 0 Å². The van der Waals surface area contributed by atoms with Crippen LogP contribution in [-0.4, -0.2) is 5.54 Å². The highest BCUT2D eigenvalue weighted by atomic mass is 15.0. The Morgan fingerprint density at radius 1 is 1.18 bits per heavy atom. The Hall–Kier alpha value is -1.24. The van der Waals surface area contributed by atoms with Gasteiger partial charge in [-0.15, -0.1) is 0 Å². The van der Waals surface area contributed by atoms with Crippen molar-refractivity contribution in [2.24, 2.45) is 11.8 Å². The van der Waals surface area contributed by atoms with E-state index in [0.29, 0.717) is 0 Å². The molecule has 1 heterocycles. The second kappa shape index (κ2) is 3.90. The zero-order valence-corrected chi connectivity index (χ0v) is 10.7. The van der Waals surface area contributed by atoms with E-state index in [1.54, 1.807) is 0 Å². The molecule has 1 fully saturated rings. The Morgan fingerprint density at radius 3 is 2.88 bits per heavy atom. The summed E-state index contributed by atoms with van der Waals surface area (Å²) in [7, 11) is 0. The number of nitrogens with one attached hydrogen (secondary N) is 1. The van der Waals surface area contributed by atoms with E-state index in [4.69, 9.17) is 0 Å². The summed E-state index contributed by atoms with van der Waals surface area (Å²) in [5.74, 6) is 1.55. The molecule has 1 aromatic carbocycles. The molecule has 0 amide bonds. The minimum atomic E-state index is 0.200. The lowest BCUT2D eigenvalue weighted by Gasteiger charge is -2.46. The van der Waals surface area contributed by atoms with Crippen LogP contribution in [-0.2, 0) is 0 Å². The summed E-state index contributed by atoms with van der Waals surface area (Å²) >= 11 is 0. The van der Waals surface area contributed by atoms with Gasteiger partial charge in [-0.05, 0) is 36.3 Å². The number of anilines is 1. The third-order valence-electron chi connectivity index (χ3n) is 4.55. The van der Waals surface area contributed by atoms with Crippen LogP contribution in [0.15, 0.2) is 30.3 Å². The summed E-state index contributed by atoms with van der Waals surface area (Å²) in [6.07, 6.45) is 8.69. The van der Waals surface area contributed by atoms with Gasteiger partial charge in [-0.25, -0.2) is 0 Å². The largest absolute Gasteiger partial charge is 0.375 e. The highest BCUT2D eigenvalue weighted by molar-refractivity contribution is 5.72. The first-order valence-corrected chi connectivity index (χ1v) is 6.76. The third kappa shape index (κ3) is 1.78. The number of benzene rings is 1. The van der Waals surface area contributed by atoms with Gasteiger partial charge in [0.1, 0.15) is 0 Å². The summed E-state index contributed by atoms with van der Waals surface area (Å²) in [6.45, 7) is 4.76. The summed E-state index contributed by atoms with van der Waals surface area (Å²) in [4.78, 5) is 0. The molecule has 0 radical (unpaired) electrons. The highest BCUT2D eigenvalue weighted by Gasteiger charge is 2.39. The van der Waals surface area contributed by atoms with E-state index in [0.717, 1.165) is 11.8 Å². The average molecular weight is 227 g/mol. The first-order valence-electron chi connectivity index (χ1n) is 6.76. The number of hydrogen-bond donors (Lipinski definition) is 1. The average Bonchev–Trinajstić information content (AvgIpc) is 2.34. The molecule has 1 spiro atoms. The molecule has 1 heteroatoms. The van der Waals surface area contributed by atoms with E-state index in [1.807, 2.05) is 0 Å². The van der Waals surface area contributed by atoms with Gasteiger partial charge < -0.3 is 5.32 Å². The number of rotatable bonds is 0. The lowest BCUT2D eigenvalue weighted by Crippen LogP contribution is -2.48. The Balaban J connectivity index is 1.96. The van der Waals surface area contributed by atoms with E-state index in [2.05, 4.69) is 55.6 Å². The zero-order chi connectivity index (χ0) is 11.9. The second-order valence-electron chi connectivity index (χ2n) is 5.87. The fraction of sp³-hybridized carbons (Fsp3) is 0.500. The predicted octanol–water partition coefficient (Wildman–Crippen LogP) is 4.32. The molecule has 1 nitrogen and oxygen atoms in total. The summed E-state index contributed by atoms with van der Waals surface area (Å²) < 4.78 is 0. The van der Waals surface area contributed by atoms with Crippen LogP contribution in [0.4, 0.5) is 5.69 Å². The molecular weight excluding hydrogens is 206 g/mol. The van der Waals surface area contributed by atoms with Crippen molar-refractivity contribution in [2.45, 2.75) is 38.6 Å². The van der Waals surface area contributed by atoms with Gasteiger partial charge in [-0.1, -0.05) is 50.6 Å². The highest BCUT2D eigenvalue weighted by Crippen LogP contribution is 2.43. The van der Waals surface area contributed by atoms with E-state index in [9.17, 15) is 0 Å². The number of hydrogen-bond acceptors (Lipinski definition) is 1.